The van der Waals surface area contributed by atoms with Gasteiger partial charge in [-0.1, -0.05) is 11.6 Å². The van der Waals surface area contributed by atoms with E-state index in [0.717, 1.165) is 12.1 Å². The SMILES string of the molecule is O=[N+]([O-])c1cc([N+](=O)[O-])c(Nc2ccc(Cl)cc2C(F)(F)F)c([N+](=O)[O-])c1. The van der Waals surface area contributed by atoms with Crippen molar-refractivity contribution in [1.29, 1.82) is 0 Å². The summed E-state index contributed by atoms with van der Waals surface area (Å²) >= 11 is 5.53. The van der Waals surface area contributed by atoms with Gasteiger partial charge < -0.3 is 5.32 Å². The van der Waals surface area contributed by atoms with Crippen LogP contribution >= 0.6 is 11.6 Å². The lowest BCUT2D eigenvalue weighted by molar-refractivity contribution is -0.401. The van der Waals surface area contributed by atoms with E-state index < -0.39 is 54.9 Å². The van der Waals surface area contributed by atoms with E-state index in [4.69, 9.17) is 11.6 Å². The normalized spacial score (nSPS) is 11.1. The Labute approximate surface area is 151 Å². The van der Waals surface area contributed by atoms with E-state index in [1.54, 1.807) is 0 Å². The molecule has 0 saturated heterocycles. The average Bonchev–Trinajstić information content (AvgIpc) is 2.54. The van der Waals surface area contributed by atoms with Crippen molar-refractivity contribution in [3.8, 4) is 0 Å². The van der Waals surface area contributed by atoms with E-state index in [1.807, 2.05) is 5.32 Å². The second-order valence-corrected chi connectivity index (χ2v) is 5.38. The van der Waals surface area contributed by atoms with E-state index >= 15 is 0 Å². The highest BCUT2D eigenvalue weighted by atomic mass is 35.5. The Morgan fingerprint density at radius 3 is 1.81 bits per heavy atom. The molecule has 0 heterocycles. The Morgan fingerprint density at radius 1 is 0.889 bits per heavy atom. The molecule has 27 heavy (non-hydrogen) atoms. The first-order valence-corrected chi connectivity index (χ1v) is 7.04. The molecule has 0 aromatic heterocycles. The van der Waals surface area contributed by atoms with Crippen molar-refractivity contribution < 1.29 is 27.9 Å². The van der Waals surface area contributed by atoms with E-state index in [1.165, 1.54) is 0 Å². The molecule has 0 bridgehead atoms. The fourth-order valence-electron chi connectivity index (χ4n) is 2.11. The van der Waals surface area contributed by atoms with Gasteiger partial charge in [0.05, 0.1) is 38.2 Å². The number of nitro groups is 3. The first-order valence-electron chi connectivity index (χ1n) is 6.66. The first-order chi connectivity index (χ1) is 12.4. The molecule has 0 spiro atoms. The van der Waals surface area contributed by atoms with Crippen molar-refractivity contribution in [2.45, 2.75) is 6.18 Å². The molecule has 0 unspecified atom stereocenters. The molecule has 0 amide bonds. The van der Waals surface area contributed by atoms with Gasteiger partial charge in [-0.25, -0.2) is 0 Å². The second-order valence-electron chi connectivity index (χ2n) is 4.94. The summed E-state index contributed by atoms with van der Waals surface area (Å²) in [5.74, 6) is 0. The van der Waals surface area contributed by atoms with Gasteiger partial charge >= 0.3 is 17.6 Å². The number of rotatable bonds is 5. The lowest BCUT2D eigenvalue weighted by atomic mass is 10.1. The zero-order chi connectivity index (χ0) is 20.5. The molecule has 0 saturated carbocycles. The van der Waals surface area contributed by atoms with Gasteiger partial charge in [-0.05, 0) is 18.2 Å². The lowest BCUT2D eigenvalue weighted by Gasteiger charge is -2.15. The molecule has 0 aliphatic carbocycles. The molecule has 0 atom stereocenters. The number of nitro benzene ring substituents is 3. The third-order valence-corrected chi connectivity index (χ3v) is 3.47. The van der Waals surface area contributed by atoms with Crippen LogP contribution in [0.15, 0.2) is 30.3 Å². The standard InChI is InChI=1S/C13H6ClF3N4O6/c14-6-1-2-9(8(3-6)13(15,16)17)18-12-10(20(24)25)4-7(19(22)23)5-11(12)21(26)27/h1-5,18H. The van der Waals surface area contributed by atoms with Crippen LogP contribution in [0.4, 0.5) is 41.6 Å². The van der Waals surface area contributed by atoms with Gasteiger partial charge in [0.25, 0.3) is 5.69 Å². The molecule has 0 radical (unpaired) electrons. The maximum atomic E-state index is 13.2. The van der Waals surface area contributed by atoms with Crippen molar-refractivity contribution in [3.05, 3.63) is 71.3 Å². The third kappa shape index (κ3) is 4.20. The summed E-state index contributed by atoms with van der Waals surface area (Å²) in [6.07, 6.45) is -4.93. The number of nitrogens with zero attached hydrogens (tertiary/aromatic N) is 3. The van der Waals surface area contributed by atoms with Crippen LogP contribution in [0.2, 0.25) is 5.02 Å². The quantitative estimate of drug-likeness (QED) is 0.553. The Balaban J connectivity index is 2.75. The molecule has 2 rings (SSSR count). The van der Waals surface area contributed by atoms with Crippen LogP contribution in [-0.2, 0) is 6.18 Å². The molecule has 142 valence electrons. The fraction of sp³-hybridized carbons (Fsp3) is 0.0769. The Kier molecular flexibility index (Phi) is 5.16. The number of anilines is 2. The van der Waals surface area contributed by atoms with Crippen molar-refractivity contribution >= 4 is 40.0 Å². The molecule has 0 aliphatic rings. The molecular formula is C13H6ClF3N4O6. The Morgan fingerprint density at radius 2 is 1.41 bits per heavy atom. The predicted molar refractivity (Wildman–Crippen MR) is 86.1 cm³/mol. The van der Waals surface area contributed by atoms with E-state index in [0.29, 0.717) is 18.2 Å². The van der Waals surface area contributed by atoms with Crippen molar-refractivity contribution in [2.24, 2.45) is 0 Å². The van der Waals surface area contributed by atoms with Crippen LogP contribution < -0.4 is 5.32 Å². The number of hydrogen-bond donors (Lipinski definition) is 1. The molecule has 2 aromatic carbocycles. The monoisotopic (exact) mass is 406 g/mol. The Hall–Kier alpha value is -3.48. The van der Waals surface area contributed by atoms with Crippen molar-refractivity contribution in [1.82, 2.24) is 0 Å². The molecular weight excluding hydrogens is 401 g/mol. The number of nitrogens with one attached hydrogen (secondary N) is 1. The maximum absolute atomic E-state index is 13.2. The second kappa shape index (κ2) is 7.03. The first kappa shape index (κ1) is 19.8. The average molecular weight is 407 g/mol. The van der Waals surface area contributed by atoms with E-state index in [2.05, 4.69) is 0 Å². The van der Waals surface area contributed by atoms with Gasteiger partial charge in [-0.3, -0.25) is 30.3 Å². The molecule has 0 fully saturated rings. The summed E-state index contributed by atoms with van der Waals surface area (Å²) in [5.41, 5.74) is -6.28. The van der Waals surface area contributed by atoms with Crippen LogP contribution in [0.1, 0.15) is 5.56 Å². The minimum absolute atomic E-state index is 0.291. The predicted octanol–water partition coefficient (Wildman–Crippen LogP) is 4.83. The molecule has 2 aromatic rings. The summed E-state index contributed by atoms with van der Waals surface area (Å²) in [5, 5.41) is 34.9. The van der Waals surface area contributed by atoms with Gasteiger partial charge in [-0.2, -0.15) is 13.2 Å². The van der Waals surface area contributed by atoms with Crippen LogP contribution in [0.5, 0.6) is 0 Å². The zero-order valence-electron chi connectivity index (χ0n) is 12.7. The molecule has 0 aliphatic heterocycles. The van der Waals surface area contributed by atoms with Gasteiger partial charge in [0.2, 0.25) is 0 Å². The smallest absolute Gasteiger partial charge is 0.344 e. The maximum Gasteiger partial charge on any atom is 0.418 e. The van der Waals surface area contributed by atoms with Crippen LogP contribution in [0, 0.1) is 30.3 Å². The fourth-order valence-corrected chi connectivity index (χ4v) is 2.29. The summed E-state index contributed by atoms with van der Waals surface area (Å²) in [6, 6.07) is 3.17. The zero-order valence-corrected chi connectivity index (χ0v) is 13.4. The number of benzene rings is 2. The third-order valence-electron chi connectivity index (χ3n) is 3.23. The number of alkyl halides is 3. The number of non-ortho nitro benzene ring substituents is 1. The van der Waals surface area contributed by atoms with Crippen LogP contribution in [0.3, 0.4) is 0 Å². The van der Waals surface area contributed by atoms with Crippen molar-refractivity contribution in [2.75, 3.05) is 5.32 Å². The molecule has 14 heteroatoms. The summed E-state index contributed by atoms with van der Waals surface area (Å²) in [6.45, 7) is 0. The summed E-state index contributed by atoms with van der Waals surface area (Å²) in [7, 11) is 0. The topological polar surface area (TPSA) is 141 Å². The molecule has 10 nitrogen and oxygen atoms in total. The van der Waals surface area contributed by atoms with Crippen LogP contribution in [0.25, 0.3) is 0 Å². The highest BCUT2D eigenvalue weighted by molar-refractivity contribution is 6.30. The summed E-state index contributed by atoms with van der Waals surface area (Å²) in [4.78, 5) is 29.7. The van der Waals surface area contributed by atoms with Crippen LogP contribution in [-0.4, -0.2) is 14.8 Å². The lowest BCUT2D eigenvalue weighted by Crippen LogP contribution is -2.10. The van der Waals surface area contributed by atoms with Gasteiger partial charge in [0.15, 0.2) is 5.69 Å². The van der Waals surface area contributed by atoms with Gasteiger partial charge in [0, 0.05) is 5.02 Å². The highest BCUT2D eigenvalue weighted by Crippen LogP contribution is 2.43. The van der Waals surface area contributed by atoms with Crippen molar-refractivity contribution in [3.63, 3.8) is 0 Å². The minimum atomic E-state index is -4.93. The molecule has 1 N–H and O–H groups in total. The van der Waals surface area contributed by atoms with Gasteiger partial charge in [-0.15, -0.1) is 0 Å². The number of halogens is 4. The van der Waals surface area contributed by atoms with Gasteiger partial charge in [0.1, 0.15) is 0 Å². The van der Waals surface area contributed by atoms with E-state index in [9.17, 15) is 43.5 Å². The minimum Gasteiger partial charge on any atom is -0.344 e. The summed E-state index contributed by atoms with van der Waals surface area (Å²) < 4.78 is 39.5. The number of hydrogen-bond acceptors (Lipinski definition) is 7. The largest absolute Gasteiger partial charge is 0.418 e. The Bertz CT molecular complexity index is 931. The highest BCUT2D eigenvalue weighted by Gasteiger charge is 2.36. The van der Waals surface area contributed by atoms with E-state index in [-0.39, 0.29) is 5.02 Å².